The summed E-state index contributed by atoms with van der Waals surface area (Å²) in [6.07, 6.45) is 4.93. The molecule has 1 saturated carbocycles. The molecule has 2 saturated heterocycles. The molecule has 1 unspecified atom stereocenters. The lowest BCUT2D eigenvalue weighted by atomic mass is 10.0. The summed E-state index contributed by atoms with van der Waals surface area (Å²) in [4.78, 5) is 17.5. The molecule has 5 heteroatoms. The Kier molecular flexibility index (Phi) is 4.95. The van der Waals surface area contributed by atoms with E-state index in [4.69, 9.17) is 9.47 Å². The van der Waals surface area contributed by atoms with Crippen LogP contribution in [0.15, 0.2) is 24.3 Å². The molecule has 136 valence electrons. The lowest BCUT2D eigenvalue weighted by Crippen LogP contribution is -2.51. The van der Waals surface area contributed by atoms with Crippen molar-refractivity contribution >= 4 is 5.91 Å². The number of likely N-dealkylation sites (tertiary alicyclic amines) is 1. The van der Waals surface area contributed by atoms with Crippen LogP contribution >= 0.6 is 0 Å². The Hall–Kier alpha value is -1.59. The Morgan fingerprint density at radius 2 is 1.88 bits per heavy atom. The van der Waals surface area contributed by atoms with Gasteiger partial charge in [-0.1, -0.05) is 12.1 Å². The van der Waals surface area contributed by atoms with E-state index in [1.165, 1.54) is 0 Å². The van der Waals surface area contributed by atoms with Gasteiger partial charge in [0.25, 0.3) is 5.91 Å². The van der Waals surface area contributed by atoms with Gasteiger partial charge in [0, 0.05) is 32.2 Å². The molecule has 1 aromatic rings. The van der Waals surface area contributed by atoms with Crippen LogP contribution in [0.3, 0.4) is 0 Å². The van der Waals surface area contributed by atoms with E-state index in [1.54, 1.807) is 0 Å². The first-order chi connectivity index (χ1) is 12.2. The molecular formula is C20H28N2O3. The quantitative estimate of drug-likeness (QED) is 0.842. The number of benzene rings is 1. The van der Waals surface area contributed by atoms with E-state index < -0.39 is 0 Å². The van der Waals surface area contributed by atoms with Crippen molar-refractivity contribution in [3.05, 3.63) is 29.8 Å². The maximum absolute atomic E-state index is 13.0. The average molecular weight is 344 g/mol. The van der Waals surface area contributed by atoms with Gasteiger partial charge in [-0.15, -0.1) is 0 Å². The van der Waals surface area contributed by atoms with Crippen molar-refractivity contribution in [1.82, 2.24) is 9.80 Å². The fourth-order valence-corrected chi connectivity index (χ4v) is 3.89. The third-order valence-electron chi connectivity index (χ3n) is 5.48. The summed E-state index contributed by atoms with van der Waals surface area (Å²) < 4.78 is 11.6. The number of hydrogen-bond donors (Lipinski definition) is 0. The van der Waals surface area contributed by atoms with Gasteiger partial charge < -0.3 is 14.4 Å². The molecule has 0 spiro atoms. The van der Waals surface area contributed by atoms with Crippen molar-refractivity contribution in [3.8, 4) is 5.75 Å². The van der Waals surface area contributed by atoms with Crippen LogP contribution in [0, 0.1) is 0 Å². The average Bonchev–Trinajstić information content (AvgIpc) is 3.46. The predicted octanol–water partition coefficient (Wildman–Crippen LogP) is 2.55. The Balaban J connectivity index is 1.36. The first-order valence-electron chi connectivity index (χ1n) is 9.61. The highest BCUT2D eigenvalue weighted by Gasteiger charge is 2.31. The number of carbonyl (C=O) groups is 1. The first-order valence-corrected chi connectivity index (χ1v) is 9.61. The molecule has 3 aliphatic rings. The molecule has 3 fully saturated rings. The summed E-state index contributed by atoms with van der Waals surface area (Å²) in [5.41, 5.74) is 0.716. The molecule has 1 atom stereocenters. The smallest absolute Gasteiger partial charge is 0.257 e. The van der Waals surface area contributed by atoms with Gasteiger partial charge in [-0.25, -0.2) is 0 Å². The second-order valence-electron chi connectivity index (χ2n) is 7.51. The number of carbonyl (C=O) groups excluding carboxylic acids is 1. The molecule has 0 aromatic heterocycles. The van der Waals surface area contributed by atoms with Crippen LogP contribution < -0.4 is 4.74 Å². The largest absolute Gasteiger partial charge is 0.490 e. The second kappa shape index (κ2) is 7.34. The highest BCUT2D eigenvalue weighted by atomic mass is 16.5. The molecule has 0 radical (unpaired) electrons. The topological polar surface area (TPSA) is 42.0 Å². The minimum atomic E-state index is 0.116. The van der Waals surface area contributed by atoms with Crippen molar-refractivity contribution in [1.29, 1.82) is 0 Å². The molecule has 2 heterocycles. The van der Waals surface area contributed by atoms with Crippen molar-refractivity contribution < 1.29 is 14.3 Å². The number of piperidine rings is 1. The molecule has 1 aliphatic carbocycles. The molecule has 5 nitrogen and oxygen atoms in total. The zero-order valence-electron chi connectivity index (χ0n) is 15.0. The third kappa shape index (κ3) is 3.98. The maximum Gasteiger partial charge on any atom is 0.257 e. The molecule has 4 rings (SSSR count). The Morgan fingerprint density at radius 3 is 2.60 bits per heavy atom. The van der Waals surface area contributed by atoms with Crippen LogP contribution in [0.4, 0.5) is 0 Å². The Labute approximate surface area is 149 Å². The van der Waals surface area contributed by atoms with Gasteiger partial charge in [0.15, 0.2) is 0 Å². The minimum absolute atomic E-state index is 0.116. The normalized spacial score (nSPS) is 25.8. The van der Waals surface area contributed by atoms with Gasteiger partial charge in [0.05, 0.1) is 24.4 Å². The van der Waals surface area contributed by atoms with E-state index in [2.05, 4.69) is 11.8 Å². The van der Waals surface area contributed by atoms with Gasteiger partial charge in [0.2, 0.25) is 0 Å². The number of nitrogens with zero attached hydrogens (tertiary/aromatic N) is 2. The highest BCUT2D eigenvalue weighted by molar-refractivity contribution is 5.97. The number of ether oxygens (including phenoxy) is 2. The molecular weight excluding hydrogens is 316 g/mol. The third-order valence-corrected chi connectivity index (χ3v) is 5.48. The number of rotatable bonds is 4. The van der Waals surface area contributed by atoms with Gasteiger partial charge >= 0.3 is 0 Å². The number of amides is 1. The minimum Gasteiger partial charge on any atom is -0.490 e. The van der Waals surface area contributed by atoms with Crippen LogP contribution in [0.1, 0.15) is 43.0 Å². The van der Waals surface area contributed by atoms with Gasteiger partial charge in [0.1, 0.15) is 5.75 Å². The predicted molar refractivity (Wildman–Crippen MR) is 96.0 cm³/mol. The fourth-order valence-electron chi connectivity index (χ4n) is 3.89. The van der Waals surface area contributed by atoms with Crippen LogP contribution in [0.25, 0.3) is 0 Å². The number of para-hydroxylation sites is 1. The van der Waals surface area contributed by atoms with E-state index in [0.29, 0.717) is 23.8 Å². The molecule has 2 aliphatic heterocycles. The van der Waals surface area contributed by atoms with Crippen LogP contribution in [0.5, 0.6) is 5.75 Å². The number of morpholine rings is 1. The summed E-state index contributed by atoms with van der Waals surface area (Å²) in [7, 11) is 0. The lowest BCUT2D eigenvalue weighted by Gasteiger charge is -2.41. The van der Waals surface area contributed by atoms with E-state index >= 15 is 0 Å². The van der Waals surface area contributed by atoms with Crippen molar-refractivity contribution in [2.45, 2.75) is 50.9 Å². The van der Waals surface area contributed by atoms with Crippen molar-refractivity contribution in [3.63, 3.8) is 0 Å². The van der Waals surface area contributed by atoms with Crippen molar-refractivity contribution in [2.24, 2.45) is 0 Å². The zero-order chi connectivity index (χ0) is 17.2. The summed E-state index contributed by atoms with van der Waals surface area (Å²) >= 11 is 0. The van der Waals surface area contributed by atoms with E-state index in [9.17, 15) is 4.79 Å². The monoisotopic (exact) mass is 344 g/mol. The Bertz CT molecular complexity index is 609. The molecule has 0 N–H and O–H groups in total. The molecule has 0 bridgehead atoms. The molecule has 25 heavy (non-hydrogen) atoms. The fraction of sp³-hybridized carbons (Fsp3) is 0.650. The van der Waals surface area contributed by atoms with Crippen LogP contribution in [-0.2, 0) is 4.74 Å². The van der Waals surface area contributed by atoms with Crippen LogP contribution in [0.2, 0.25) is 0 Å². The second-order valence-corrected chi connectivity index (χ2v) is 7.51. The summed E-state index contributed by atoms with van der Waals surface area (Å²) in [5.74, 6) is 0.865. The highest BCUT2D eigenvalue weighted by Crippen LogP contribution is 2.30. The van der Waals surface area contributed by atoms with Crippen LogP contribution in [-0.4, -0.2) is 66.7 Å². The van der Waals surface area contributed by atoms with E-state index in [1.807, 2.05) is 29.2 Å². The Morgan fingerprint density at radius 1 is 1.12 bits per heavy atom. The first kappa shape index (κ1) is 16.9. The maximum atomic E-state index is 13.0. The summed E-state index contributed by atoms with van der Waals surface area (Å²) in [6.45, 7) is 6.64. The molecule has 1 aromatic carbocycles. The SMILES string of the molecule is CC1CN(C2CCN(C(=O)c3ccccc3OC3CC3)CC2)CCO1. The van der Waals surface area contributed by atoms with E-state index in [0.717, 1.165) is 64.2 Å². The van der Waals surface area contributed by atoms with Gasteiger partial charge in [-0.3, -0.25) is 9.69 Å². The summed E-state index contributed by atoms with van der Waals surface area (Å²) in [6, 6.07) is 8.27. The van der Waals surface area contributed by atoms with E-state index in [-0.39, 0.29) is 5.91 Å². The number of hydrogen-bond acceptors (Lipinski definition) is 4. The summed E-state index contributed by atoms with van der Waals surface area (Å²) in [5, 5.41) is 0. The molecule has 1 amide bonds. The van der Waals surface area contributed by atoms with Gasteiger partial charge in [-0.05, 0) is 44.7 Å². The standard InChI is InChI=1S/C20H28N2O3/c1-15-14-22(12-13-24-15)16-8-10-21(11-9-16)20(23)18-4-2-3-5-19(18)25-17-6-7-17/h2-5,15-17H,6-14H2,1H3. The van der Waals surface area contributed by atoms with Crippen molar-refractivity contribution in [2.75, 3.05) is 32.8 Å². The lowest BCUT2D eigenvalue weighted by molar-refractivity contribution is -0.0423. The van der Waals surface area contributed by atoms with Gasteiger partial charge in [-0.2, -0.15) is 0 Å². The zero-order valence-corrected chi connectivity index (χ0v) is 15.0.